The Morgan fingerprint density at radius 2 is 1.71 bits per heavy atom. The average molecular weight is 489 g/mol. The lowest BCUT2D eigenvalue weighted by atomic mass is 9.98. The van der Waals surface area contributed by atoms with Crippen molar-refractivity contribution >= 4 is 27.6 Å². The fourth-order valence-electron chi connectivity index (χ4n) is 3.72. The van der Waals surface area contributed by atoms with Crippen LogP contribution in [0.3, 0.4) is 0 Å². The van der Waals surface area contributed by atoms with Crippen LogP contribution in [0.5, 0.6) is 5.75 Å². The molecule has 3 rings (SSSR count). The molecule has 0 aromatic heterocycles. The van der Waals surface area contributed by atoms with Crippen molar-refractivity contribution in [3.05, 3.63) is 53.6 Å². The fourth-order valence-corrected chi connectivity index (χ4v) is 5.28. The lowest BCUT2D eigenvalue weighted by Gasteiger charge is -2.30. The van der Waals surface area contributed by atoms with Gasteiger partial charge in [0, 0.05) is 18.8 Å². The molecule has 1 amide bonds. The third kappa shape index (κ3) is 6.15. The molecular weight excluding hydrogens is 456 g/mol. The van der Waals surface area contributed by atoms with E-state index >= 15 is 0 Å². The van der Waals surface area contributed by atoms with Gasteiger partial charge in [0.25, 0.3) is 5.91 Å². The molecule has 2 aromatic rings. The van der Waals surface area contributed by atoms with Crippen LogP contribution < -0.4 is 10.1 Å². The standard InChI is InChI=1S/C25H32N2O6S/c1-5-32-22-9-7-21(8-10-22)26-24(28)19(4)33-25(29)20-12-14-27(15-13-20)34(30,31)23-11-6-17(2)18(3)16-23/h6-11,16,19-20H,5,12-15H2,1-4H3,(H,26,28). The predicted molar refractivity (Wildman–Crippen MR) is 129 cm³/mol. The average Bonchev–Trinajstić information content (AvgIpc) is 2.82. The largest absolute Gasteiger partial charge is 0.494 e. The van der Waals surface area contributed by atoms with Gasteiger partial charge >= 0.3 is 5.97 Å². The minimum Gasteiger partial charge on any atom is -0.494 e. The first-order valence-electron chi connectivity index (χ1n) is 11.4. The summed E-state index contributed by atoms with van der Waals surface area (Å²) in [4.78, 5) is 25.3. The minimum atomic E-state index is -3.62. The summed E-state index contributed by atoms with van der Waals surface area (Å²) >= 11 is 0. The molecule has 1 N–H and O–H groups in total. The van der Waals surface area contributed by atoms with Crippen LogP contribution in [-0.4, -0.2) is 50.4 Å². The van der Waals surface area contributed by atoms with E-state index in [1.807, 2.05) is 20.8 Å². The van der Waals surface area contributed by atoms with E-state index < -0.39 is 33.9 Å². The van der Waals surface area contributed by atoms with Gasteiger partial charge in [0.1, 0.15) is 5.75 Å². The van der Waals surface area contributed by atoms with Crippen LogP contribution >= 0.6 is 0 Å². The molecule has 0 spiro atoms. The Morgan fingerprint density at radius 3 is 2.29 bits per heavy atom. The van der Waals surface area contributed by atoms with Gasteiger partial charge in [-0.1, -0.05) is 6.07 Å². The fraction of sp³-hybridized carbons (Fsp3) is 0.440. The summed E-state index contributed by atoms with van der Waals surface area (Å²) in [6.45, 7) is 8.21. The van der Waals surface area contributed by atoms with Gasteiger partial charge in [-0.15, -0.1) is 0 Å². The number of sulfonamides is 1. The highest BCUT2D eigenvalue weighted by atomic mass is 32.2. The number of aryl methyl sites for hydroxylation is 2. The number of ether oxygens (including phenoxy) is 2. The Balaban J connectivity index is 1.51. The molecule has 8 nitrogen and oxygen atoms in total. The number of piperidine rings is 1. The third-order valence-corrected chi connectivity index (χ3v) is 7.89. The van der Waals surface area contributed by atoms with Crippen LogP contribution in [0.25, 0.3) is 0 Å². The van der Waals surface area contributed by atoms with Gasteiger partial charge in [0.05, 0.1) is 17.4 Å². The molecule has 1 aliphatic heterocycles. The van der Waals surface area contributed by atoms with E-state index in [9.17, 15) is 18.0 Å². The Labute approximate surface area is 201 Å². The number of nitrogens with zero attached hydrogens (tertiary/aromatic N) is 1. The maximum Gasteiger partial charge on any atom is 0.309 e. The SMILES string of the molecule is CCOc1ccc(NC(=O)C(C)OC(=O)C2CCN(S(=O)(=O)c3ccc(C)c(C)c3)CC2)cc1. The molecule has 1 unspecified atom stereocenters. The zero-order chi connectivity index (χ0) is 24.9. The lowest BCUT2D eigenvalue weighted by Crippen LogP contribution is -2.41. The van der Waals surface area contributed by atoms with E-state index in [1.165, 1.54) is 11.2 Å². The second-order valence-corrected chi connectivity index (χ2v) is 10.4. The molecule has 1 saturated heterocycles. The Kier molecular flexibility index (Phi) is 8.33. The van der Waals surface area contributed by atoms with Crippen molar-refractivity contribution in [1.82, 2.24) is 4.31 Å². The molecule has 1 atom stereocenters. The predicted octanol–water partition coefficient (Wildman–Crippen LogP) is 3.67. The van der Waals surface area contributed by atoms with Crippen molar-refractivity contribution in [2.24, 2.45) is 5.92 Å². The normalized spacial score (nSPS) is 16.0. The summed E-state index contributed by atoms with van der Waals surface area (Å²) < 4.78 is 38.1. The Bertz CT molecular complexity index is 1120. The maximum atomic E-state index is 13.0. The first kappa shape index (κ1) is 25.7. The highest BCUT2D eigenvalue weighted by molar-refractivity contribution is 7.89. The highest BCUT2D eigenvalue weighted by Gasteiger charge is 2.34. The van der Waals surface area contributed by atoms with Crippen molar-refractivity contribution in [3.63, 3.8) is 0 Å². The number of amides is 1. The zero-order valence-corrected chi connectivity index (χ0v) is 20.9. The van der Waals surface area contributed by atoms with Crippen LogP contribution in [0.4, 0.5) is 5.69 Å². The molecule has 0 saturated carbocycles. The van der Waals surface area contributed by atoms with Crippen LogP contribution in [-0.2, 0) is 24.3 Å². The van der Waals surface area contributed by atoms with Gasteiger partial charge in [0.15, 0.2) is 6.10 Å². The second-order valence-electron chi connectivity index (χ2n) is 8.45. The molecule has 0 aliphatic carbocycles. The molecule has 1 fully saturated rings. The van der Waals surface area contributed by atoms with E-state index in [-0.39, 0.29) is 18.0 Å². The van der Waals surface area contributed by atoms with Gasteiger partial charge in [-0.2, -0.15) is 4.31 Å². The molecule has 34 heavy (non-hydrogen) atoms. The summed E-state index contributed by atoms with van der Waals surface area (Å²) in [5, 5.41) is 2.71. The second kappa shape index (κ2) is 11.0. The smallest absolute Gasteiger partial charge is 0.309 e. The van der Waals surface area contributed by atoms with E-state index in [1.54, 1.807) is 42.5 Å². The number of hydrogen-bond acceptors (Lipinski definition) is 6. The maximum absolute atomic E-state index is 13.0. The molecule has 0 bridgehead atoms. The van der Waals surface area contributed by atoms with Crippen LogP contribution in [0.15, 0.2) is 47.4 Å². The number of anilines is 1. The first-order chi connectivity index (χ1) is 16.1. The summed E-state index contributed by atoms with van der Waals surface area (Å²) in [6, 6.07) is 12.0. The van der Waals surface area contributed by atoms with Gasteiger partial charge in [0.2, 0.25) is 10.0 Å². The van der Waals surface area contributed by atoms with Crippen molar-refractivity contribution in [2.45, 2.75) is 51.5 Å². The van der Waals surface area contributed by atoms with Gasteiger partial charge in [-0.25, -0.2) is 8.42 Å². The molecule has 1 heterocycles. The highest BCUT2D eigenvalue weighted by Crippen LogP contribution is 2.26. The van der Waals surface area contributed by atoms with Crippen LogP contribution in [0, 0.1) is 19.8 Å². The molecule has 0 radical (unpaired) electrons. The molecule has 9 heteroatoms. The number of carbonyl (C=O) groups is 2. The van der Waals surface area contributed by atoms with E-state index in [4.69, 9.17) is 9.47 Å². The third-order valence-electron chi connectivity index (χ3n) is 6.00. The van der Waals surface area contributed by atoms with E-state index in [2.05, 4.69) is 5.32 Å². The van der Waals surface area contributed by atoms with Crippen molar-refractivity contribution in [2.75, 3.05) is 25.0 Å². The van der Waals surface area contributed by atoms with Gasteiger partial charge in [-0.3, -0.25) is 9.59 Å². The topological polar surface area (TPSA) is 102 Å². The monoisotopic (exact) mass is 488 g/mol. The molecule has 184 valence electrons. The number of benzene rings is 2. The first-order valence-corrected chi connectivity index (χ1v) is 12.9. The van der Waals surface area contributed by atoms with Crippen molar-refractivity contribution in [3.8, 4) is 5.75 Å². The molecule has 1 aliphatic rings. The van der Waals surface area contributed by atoms with E-state index in [0.717, 1.165) is 11.1 Å². The number of hydrogen-bond donors (Lipinski definition) is 1. The Morgan fingerprint density at radius 1 is 1.06 bits per heavy atom. The number of rotatable bonds is 8. The summed E-state index contributed by atoms with van der Waals surface area (Å²) in [6.07, 6.45) is -0.289. The molecule has 2 aromatic carbocycles. The number of esters is 1. The van der Waals surface area contributed by atoms with Crippen LogP contribution in [0.1, 0.15) is 37.8 Å². The Hall–Kier alpha value is -2.91. The van der Waals surface area contributed by atoms with Gasteiger partial charge < -0.3 is 14.8 Å². The lowest BCUT2D eigenvalue weighted by molar-refractivity contribution is -0.158. The van der Waals surface area contributed by atoms with E-state index in [0.29, 0.717) is 30.9 Å². The summed E-state index contributed by atoms with van der Waals surface area (Å²) in [5.74, 6) is -0.678. The van der Waals surface area contributed by atoms with Gasteiger partial charge in [-0.05, 0) is 88.1 Å². The summed E-state index contributed by atoms with van der Waals surface area (Å²) in [7, 11) is -3.62. The molecular formula is C25H32N2O6S. The van der Waals surface area contributed by atoms with Crippen LogP contribution in [0.2, 0.25) is 0 Å². The number of nitrogens with one attached hydrogen (secondary N) is 1. The number of carbonyl (C=O) groups excluding carboxylic acids is 2. The minimum absolute atomic E-state index is 0.224. The quantitative estimate of drug-likeness (QED) is 0.569. The summed E-state index contributed by atoms with van der Waals surface area (Å²) in [5.41, 5.74) is 2.51. The van der Waals surface area contributed by atoms with Crippen molar-refractivity contribution in [1.29, 1.82) is 0 Å². The zero-order valence-electron chi connectivity index (χ0n) is 20.0. The van der Waals surface area contributed by atoms with Crippen molar-refractivity contribution < 1.29 is 27.5 Å².